The molecule has 0 N–H and O–H groups in total. The van der Waals surface area contributed by atoms with Gasteiger partial charge in [0.2, 0.25) is 0 Å². The number of fused-ring (bicyclic) bond motifs is 1. The van der Waals surface area contributed by atoms with Crippen molar-refractivity contribution in [3.05, 3.63) is 46.3 Å². The zero-order valence-electron chi connectivity index (χ0n) is 13.5. The van der Waals surface area contributed by atoms with E-state index >= 15 is 0 Å². The van der Waals surface area contributed by atoms with E-state index in [1.807, 2.05) is 6.92 Å². The summed E-state index contributed by atoms with van der Waals surface area (Å²) in [6.07, 6.45) is 3.01. The van der Waals surface area contributed by atoms with E-state index in [0.29, 0.717) is 17.5 Å². The fourth-order valence-electron chi connectivity index (χ4n) is 2.96. The molecule has 0 radical (unpaired) electrons. The molecule has 2 heterocycles. The molecular weight excluding hydrogens is 310 g/mol. The third-order valence-corrected chi connectivity index (χ3v) is 4.31. The average molecular weight is 329 g/mol. The molecule has 126 valence electrons. The lowest BCUT2D eigenvalue weighted by Crippen LogP contribution is -2.44. The van der Waals surface area contributed by atoms with Crippen LogP contribution in [0.3, 0.4) is 0 Å². The smallest absolute Gasteiger partial charge is 0.351 e. The fraction of sp³-hybridized carbons (Fsp3) is 0.389. The van der Waals surface area contributed by atoms with E-state index in [-0.39, 0.29) is 24.1 Å². The first-order chi connectivity index (χ1) is 11.6. The van der Waals surface area contributed by atoms with Gasteiger partial charge < -0.3 is 14.1 Å². The topological polar surface area (TPSA) is 76.8 Å². The molecule has 1 aliphatic heterocycles. The van der Waals surface area contributed by atoms with Crippen molar-refractivity contribution in [2.24, 2.45) is 0 Å². The van der Waals surface area contributed by atoms with Crippen LogP contribution in [0.5, 0.6) is 0 Å². The summed E-state index contributed by atoms with van der Waals surface area (Å²) in [5, 5.41) is 0.625. The van der Waals surface area contributed by atoms with Gasteiger partial charge in [0.1, 0.15) is 11.1 Å². The van der Waals surface area contributed by atoms with E-state index in [9.17, 15) is 14.4 Å². The number of carbonyl (C=O) groups excluding carboxylic acids is 2. The van der Waals surface area contributed by atoms with E-state index in [2.05, 4.69) is 0 Å². The van der Waals surface area contributed by atoms with Crippen molar-refractivity contribution < 1.29 is 18.7 Å². The lowest BCUT2D eigenvalue weighted by Gasteiger charge is -2.33. The quantitative estimate of drug-likeness (QED) is 0.638. The maximum absolute atomic E-state index is 12.2. The van der Waals surface area contributed by atoms with Crippen LogP contribution in [-0.2, 0) is 9.53 Å². The van der Waals surface area contributed by atoms with Crippen LogP contribution in [0.1, 0.15) is 36.5 Å². The van der Waals surface area contributed by atoms with Gasteiger partial charge in [-0.15, -0.1) is 0 Å². The standard InChI is InChI=1S/C18H19NO5/c1-12-6-4-5-9-19(12)16(20)11-23-17(21)14-10-13-7-2-3-8-15(13)24-18(14)22/h2-3,7-8,10,12H,4-6,9,11H2,1H3/t12-/m0/s1. The van der Waals surface area contributed by atoms with Gasteiger partial charge in [-0.25, -0.2) is 9.59 Å². The zero-order valence-corrected chi connectivity index (χ0v) is 13.5. The first-order valence-corrected chi connectivity index (χ1v) is 8.06. The van der Waals surface area contributed by atoms with Crippen LogP contribution < -0.4 is 5.63 Å². The molecule has 1 amide bonds. The SMILES string of the molecule is C[C@H]1CCCCN1C(=O)COC(=O)c1cc2ccccc2oc1=O. The maximum Gasteiger partial charge on any atom is 0.351 e. The number of para-hydroxylation sites is 1. The third-order valence-electron chi connectivity index (χ3n) is 4.31. The number of rotatable bonds is 3. The lowest BCUT2D eigenvalue weighted by atomic mass is 10.0. The summed E-state index contributed by atoms with van der Waals surface area (Å²) in [4.78, 5) is 37.9. The Labute approximate surface area is 139 Å². The molecule has 1 aromatic heterocycles. The summed E-state index contributed by atoms with van der Waals surface area (Å²) in [5.74, 6) is -1.08. The monoisotopic (exact) mass is 329 g/mol. The highest BCUT2D eigenvalue weighted by atomic mass is 16.5. The molecule has 0 bridgehead atoms. The Balaban J connectivity index is 1.70. The molecule has 1 saturated heterocycles. The van der Waals surface area contributed by atoms with E-state index in [1.54, 1.807) is 29.2 Å². The molecule has 3 rings (SSSR count). The Morgan fingerprint density at radius 3 is 2.88 bits per heavy atom. The predicted molar refractivity (Wildman–Crippen MR) is 87.8 cm³/mol. The molecule has 6 heteroatoms. The summed E-state index contributed by atoms with van der Waals surface area (Å²) in [6, 6.07) is 8.47. The molecule has 1 fully saturated rings. The van der Waals surface area contributed by atoms with Crippen LogP contribution in [0, 0.1) is 0 Å². The van der Waals surface area contributed by atoms with Gasteiger partial charge in [-0.05, 0) is 38.3 Å². The normalized spacial score (nSPS) is 17.7. The van der Waals surface area contributed by atoms with E-state index in [4.69, 9.17) is 9.15 Å². The number of benzene rings is 1. The van der Waals surface area contributed by atoms with E-state index < -0.39 is 11.6 Å². The number of nitrogens with zero attached hydrogens (tertiary/aromatic N) is 1. The number of likely N-dealkylation sites (tertiary alicyclic amines) is 1. The van der Waals surface area contributed by atoms with Gasteiger partial charge in [-0.3, -0.25) is 4.79 Å². The minimum atomic E-state index is -0.840. The lowest BCUT2D eigenvalue weighted by molar-refractivity contribution is -0.137. The maximum atomic E-state index is 12.2. The van der Waals surface area contributed by atoms with Crippen molar-refractivity contribution in [3.63, 3.8) is 0 Å². The van der Waals surface area contributed by atoms with Crippen molar-refractivity contribution in [2.45, 2.75) is 32.2 Å². The number of ether oxygens (including phenoxy) is 1. The third kappa shape index (κ3) is 3.32. The number of hydrogen-bond donors (Lipinski definition) is 0. The second kappa shape index (κ2) is 6.86. The number of amides is 1. The average Bonchev–Trinajstić information content (AvgIpc) is 2.59. The molecule has 2 aromatic rings. The van der Waals surface area contributed by atoms with Gasteiger partial charge in [0.05, 0.1) is 0 Å². The first kappa shape index (κ1) is 16.2. The number of esters is 1. The highest BCUT2D eigenvalue weighted by Crippen LogP contribution is 2.17. The molecule has 0 saturated carbocycles. The highest BCUT2D eigenvalue weighted by molar-refractivity contribution is 5.94. The molecular formula is C18H19NO5. The Bertz CT molecular complexity index is 826. The summed E-state index contributed by atoms with van der Waals surface area (Å²) < 4.78 is 10.1. The first-order valence-electron chi connectivity index (χ1n) is 8.06. The van der Waals surface area contributed by atoms with E-state index in [1.165, 1.54) is 6.07 Å². The van der Waals surface area contributed by atoms with Gasteiger partial charge in [0, 0.05) is 18.0 Å². The molecule has 1 aliphatic rings. The van der Waals surface area contributed by atoms with Crippen LogP contribution in [0.25, 0.3) is 11.0 Å². The van der Waals surface area contributed by atoms with Gasteiger partial charge in [0.25, 0.3) is 5.91 Å². The molecule has 0 aliphatic carbocycles. The number of piperidine rings is 1. The van der Waals surface area contributed by atoms with Gasteiger partial charge in [-0.1, -0.05) is 18.2 Å². The van der Waals surface area contributed by atoms with Crippen LogP contribution in [-0.4, -0.2) is 36.0 Å². The second-order valence-electron chi connectivity index (χ2n) is 5.99. The fourth-order valence-corrected chi connectivity index (χ4v) is 2.96. The van der Waals surface area contributed by atoms with Gasteiger partial charge >= 0.3 is 11.6 Å². The van der Waals surface area contributed by atoms with Gasteiger partial charge in [-0.2, -0.15) is 0 Å². The summed E-state index contributed by atoms with van der Waals surface area (Å²) in [5.41, 5.74) is -0.567. The van der Waals surface area contributed by atoms with Crippen LogP contribution >= 0.6 is 0 Å². The van der Waals surface area contributed by atoms with Crippen LogP contribution in [0.15, 0.2) is 39.5 Å². The summed E-state index contributed by atoms with van der Waals surface area (Å²) >= 11 is 0. The number of carbonyl (C=O) groups is 2. The summed E-state index contributed by atoms with van der Waals surface area (Å²) in [6.45, 7) is 2.29. The largest absolute Gasteiger partial charge is 0.452 e. The molecule has 0 spiro atoms. The minimum absolute atomic E-state index is 0.149. The highest BCUT2D eigenvalue weighted by Gasteiger charge is 2.24. The zero-order chi connectivity index (χ0) is 17.1. The Morgan fingerprint density at radius 2 is 2.08 bits per heavy atom. The van der Waals surface area contributed by atoms with Crippen molar-refractivity contribution in [2.75, 3.05) is 13.2 Å². The molecule has 1 atom stereocenters. The van der Waals surface area contributed by atoms with Crippen molar-refractivity contribution in [3.8, 4) is 0 Å². The minimum Gasteiger partial charge on any atom is -0.452 e. The van der Waals surface area contributed by atoms with Crippen molar-refractivity contribution in [1.29, 1.82) is 0 Å². The molecule has 0 unspecified atom stereocenters. The molecule has 1 aromatic carbocycles. The molecule has 24 heavy (non-hydrogen) atoms. The van der Waals surface area contributed by atoms with Crippen LogP contribution in [0.4, 0.5) is 0 Å². The van der Waals surface area contributed by atoms with E-state index in [0.717, 1.165) is 19.3 Å². The Hall–Kier alpha value is -2.63. The molecule has 6 nitrogen and oxygen atoms in total. The van der Waals surface area contributed by atoms with Gasteiger partial charge in [0.15, 0.2) is 6.61 Å². The number of hydrogen-bond acceptors (Lipinski definition) is 5. The van der Waals surface area contributed by atoms with Crippen LogP contribution in [0.2, 0.25) is 0 Å². The summed E-state index contributed by atoms with van der Waals surface area (Å²) in [7, 11) is 0. The Kier molecular flexibility index (Phi) is 4.64. The predicted octanol–water partition coefficient (Wildman–Crippen LogP) is 2.35. The van der Waals surface area contributed by atoms with Crippen molar-refractivity contribution in [1.82, 2.24) is 4.90 Å². The second-order valence-corrected chi connectivity index (χ2v) is 5.99. The Morgan fingerprint density at radius 1 is 1.29 bits per heavy atom. The van der Waals surface area contributed by atoms with Crippen molar-refractivity contribution >= 4 is 22.8 Å².